The molecule has 0 aliphatic carbocycles. The van der Waals surface area contributed by atoms with Crippen LogP contribution in [-0.4, -0.2) is 3.71 Å². The summed E-state index contributed by atoms with van der Waals surface area (Å²) in [4.78, 5) is 0. The van der Waals surface area contributed by atoms with E-state index in [-0.39, 0.29) is 0 Å². The van der Waals surface area contributed by atoms with E-state index in [1.165, 1.54) is 29.8 Å². The summed E-state index contributed by atoms with van der Waals surface area (Å²) >= 11 is 7.08. The molecule has 0 bridgehead atoms. The van der Waals surface area contributed by atoms with Gasteiger partial charge in [-0.25, -0.2) is 0 Å². The van der Waals surface area contributed by atoms with E-state index in [1.807, 2.05) is 24.3 Å². The summed E-state index contributed by atoms with van der Waals surface area (Å²) in [6, 6.07) is 7.82. The van der Waals surface area contributed by atoms with Crippen LogP contribution >= 0.6 is 11.6 Å². The van der Waals surface area contributed by atoms with Gasteiger partial charge in [0.15, 0.2) is 0 Å². The van der Waals surface area contributed by atoms with E-state index in [4.69, 9.17) is 11.6 Å². The van der Waals surface area contributed by atoms with E-state index in [2.05, 4.69) is 3.71 Å². The average molecular weight is 216 g/mol. The van der Waals surface area contributed by atoms with Crippen molar-refractivity contribution < 1.29 is 24.2 Å². The topological polar surface area (TPSA) is 0 Å². The fourth-order valence-electron chi connectivity index (χ4n) is 0.559. The number of hydrogen-bond acceptors (Lipinski definition) is 0. The molecule has 0 nitrogen and oxygen atoms in total. The number of hydrogen-bond donors (Lipinski definition) is 0. The van der Waals surface area contributed by atoms with Gasteiger partial charge in [-0.15, -0.1) is 0 Å². The molecule has 1 rings (SSSR count). The van der Waals surface area contributed by atoms with Crippen molar-refractivity contribution in [3.63, 3.8) is 0 Å². The van der Waals surface area contributed by atoms with E-state index in [0.29, 0.717) is 0 Å². The molecule has 1 aromatic carbocycles. The average Bonchev–Trinajstić information content (AvgIpc) is 1.90. The van der Waals surface area contributed by atoms with Gasteiger partial charge in [0.05, 0.1) is 0 Å². The molecule has 42 valence electrons. The minimum absolute atomic E-state index is 0.802. The van der Waals surface area contributed by atoms with Gasteiger partial charge in [0.1, 0.15) is 0 Å². The molecular weight excluding hydrogens is 211 g/mol. The molecule has 0 heterocycles. The van der Waals surface area contributed by atoms with Crippen LogP contribution in [0.4, 0.5) is 0 Å². The molecule has 9 heavy (non-hydrogen) atoms. The Morgan fingerprint density at radius 1 is 1.22 bits per heavy atom. The minimum atomic E-state index is 0.802. The van der Waals surface area contributed by atoms with Gasteiger partial charge in [0, 0.05) is 0 Å². The van der Waals surface area contributed by atoms with Crippen molar-refractivity contribution in [2.24, 2.45) is 0 Å². The van der Waals surface area contributed by atoms with Gasteiger partial charge in [-0.1, -0.05) is 0 Å². The first-order chi connectivity index (χ1) is 4.33. The van der Waals surface area contributed by atoms with Crippen molar-refractivity contribution in [1.82, 2.24) is 0 Å². The third kappa shape index (κ3) is 2.16. The van der Waals surface area contributed by atoms with Gasteiger partial charge in [0.25, 0.3) is 0 Å². The van der Waals surface area contributed by atoms with Gasteiger partial charge >= 0.3 is 74.4 Å². The summed E-state index contributed by atoms with van der Waals surface area (Å²) in [6.45, 7) is 0. The van der Waals surface area contributed by atoms with E-state index < -0.39 is 0 Å². The third-order valence-electron chi connectivity index (χ3n) is 1.04. The summed E-state index contributed by atoms with van der Waals surface area (Å²) in [6.07, 6.45) is 0. The molecule has 0 spiro atoms. The first kappa shape index (κ1) is 7.37. The molecule has 0 saturated carbocycles. The Hall–Kier alpha value is 0.263. The Kier molecular flexibility index (Phi) is 2.81. The second-order valence-electron chi connectivity index (χ2n) is 1.70. The summed E-state index contributed by atoms with van der Waals surface area (Å²) in [5.41, 5.74) is 1.25. The maximum absolute atomic E-state index is 5.66. The first-order valence-electron chi connectivity index (χ1n) is 2.59. The molecule has 0 saturated heterocycles. The molecule has 0 fully saturated rings. The molecule has 0 atom stereocenters. The number of halogens is 1. The molecule has 1 aromatic rings. The van der Waals surface area contributed by atoms with Crippen molar-refractivity contribution in [1.29, 1.82) is 0 Å². The molecule has 2 heteroatoms. The van der Waals surface area contributed by atoms with Gasteiger partial charge in [-0.3, -0.25) is 0 Å². The summed E-state index contributed by atoms with van der Waals surface area (Å²) in [5.74, 6) is 0. The van der Waals surface area contributed by atoms with E-state index in [9.17, 15) is 0 Å². The maximum atomic E-state index is 5.66. The Morgan fingerprint density at radius 2 is 1.78 bits per heavy atom. The standard InChI is InChI=1S/C7H5Cl.Zr/c1-6-2-4-7(8)5-3-6;/h1-5H;/q;+2. The van der Waals surface area contributed by atoms with Crippen LogP contribution in [0.3, 0.4) is 0 Å². The Bertz CT molecular complexity index is 203. The molecule has 0 amide bonds. The Balaban J connectivity index is 3.01. The zero-order chi connectivity index (χ0) is 6.69. The van der Waals surface area contributed by atoms with Crippen LogP contribution in [0, 0.1) is 0 Å². The predicted octanol–water partition coefficient (Wildman–Crippen LogP) is 2.04. The number of rotatable bonds is 1. The fourth-order valence-corrected chi connectivity index (χ4v) is 1.16. The molecule has 0 aliphatic heterocycles. The zero-order valence-electron chi connectivity index (χ0n) is 4.76. The van der Waals surface area contributed by atoms with Crippen LogP contribution in [0.2, 0.25) is 5.02 Å². The molecule has 0 radical (unpaired) electrons. The second kappa shape index (κ2) is 3.44. The van der Waals surface area contributed by atoms with Crippen LogP contribution in [0.5, 0.6) is 0 Å². The monoisotopic (exact) mass is 214 g/mol. The van der Waals surface area contributed by atoms with E-state index >= 15 is 0 Å². The van der Waals surface area contributed by atoms with Crippen LogP contribution in [-0.2, 0) is 24.2 Å². The molecule has 0 aliphatic rings. The quantitative estimate of drug-likeness (QED) is 0.673. The van der Waals surface area contributed by atoms with Gasteiger partial charge in [0.2, 0.25) is 0 Å². The summed E-state index contributed by atoms with van der Waals surface area (Å²) < 4.78 is 2.13. The Labute approximate surface area is 74.2 Å². The fraction of sp³-hybridized carbons (Fsp3) is 0. The third-order valence-corrected chi connectivity index (χ3v) is 2.11. The van der Waals surface area contributed by atoms with E-state index in [0.717, 1.165) is 5.02 Å². The second-order valence-corrected chi connectivity index (χ2v) is 2.84. The summed E-state index contributed by atoms with van der Waals surface area (Å²) in [5, 5.41) is 0.802. The van der Waals surface area contributed by atoms with Crippen molar-refractivity contribution in [2.45, 2.75) is 0 Å². The van der Waals surface area contributed by atoms with Crippen LogP contribution < -0.4 is 0 Å². The normalized spacial score (nSPS) is 9.22. The van der Waals surface area contributed by atoms with Crippen molar-refractivity contribution >= 4 is 15.3 Å². The first-order valence-corrected chi connectivity index (χ1v) is 4.38. The molecule has 0 unspecified atom stereocenters. The molecule has 0 N–H and O–H groups in total. The van der Waals surface area contributed by atoms with Crippen LogP contribution in [0.15, 0.2) is 24.3 Å². The van der Waals surface area contributed by atoms with Crippen molar-refractivity contribution in [3.8, 4) is 0 Å². The number of benzene rings is 1. The van der Waals surface area contributed by atoms with Gasteiger partial charge in [-0.2, -0.15) is 0 Å². The van der Waals surface area contributed by atoms with Crippen LogP contribution in [0.1, 0.15) is 5.56 Å². The summed E-state index contributed by atoms with van der Waals surface area (Å²) in [7, 11) is 0. The molecular formula is C7H5ClZr+2. The molecule has 0 aromatic heterocycles. The van der Waals surface area contributed by atoms with Gasteiger partial charge < -0.3 is 0 Å². The SMILES string of the molecule is Clc1ccc([CH]=[Zr+2])cc1. The van der Waals surface area contributed by atoms with Crippen molar-refractivity contribution in [3.05, 3.63) is 34.9 Å². The Morgan fingerprint density at radius 3 is 2.22 bits per heavy atom. The van der Waals surface area contributed by atoms with Gasteiger partial charge in [-0.05, 0) is 0 Å². The zero-order valence-corrected chi connectivity index (χ0v) is 7.98. The van der Waals surface area contributed by atoms with E-state index in [1.54, 1.807) is 0 Å². The predicted molar refractivity (Wildman–Crippen MR) is 36.6 cm³/mol. The van der Waals surface area contributed by atoms with Crippen molar-refractivity contribution in [2.75, 3.05) is 0 Å². The van der Waals surface area contributed by atoms with Crippen LogP contribution in [0.25, 0.3) is 0 Å².